The van der Waals surface area contributed by atoms with Crippen LogP contribution in [0.5, 0.6) is 11.5 Å². The molecule has 0 saturated carbocycles. The Morgan fingerprint density at radius 2 is 0.600 bits per heavy atom. The Bertz CT molecular complexity index is 3050. The Labute approximate surface area is 410 Å². The maximum atomic E-state index is 15.7. The predicted octanol–water partition coefficient (Wildman–Crippen LogP) is 9.15. The van der Waals surface area contributed by atoms with E-state index in [1.54, 1.807) is 72.8 Å². The summed E-state index contributed by atoms with van der Waals surface area (Å²) in [4.78, 5) is 24.5. The summed E-state index contributed by atoms with van der Waals surface area (Å²) in [7, 11) is -9.54. The van der Waals surface area contributed by atoms with Gasteiger partial charge in [-0.15, -0.1) is 0 Å². The Morgan fingerprint density at radius 1 is 0.357 bits per heavy atom. The average Bonchev–Trinajstić information content (AvgIpc) is 3.36. The van der Waals surface area contributed by atoms with Crippen LogP contribution in [0.25, 0.3) is 0 Å². The van der Waals surface area contributed by atoms with E-state index >= 15 is 16.8 Å². The van der Waals surface area contributed by atoms with Crippen molar-refractivity contribution in [1.82, 2.24) is 0 Å². The van der Waals surface area contributed by atoms with Crippen LogP contribution in [-0.4, -0.2) is 41.1 Å². The second kappa shape index (κ2) is 19.6. The molecule has 0 aliphatic rings. The molecule has 0 aliphatic heterocycles. The Morgan fingerprint density at radius 3 is 0.843 bits per heavy atom. The van der Waals surface area contributed by atoms with Crippen molar-refractivity contribution in [2.75, 3.05) is 12.3 Å². The van der Waals surface area contributed by atoms with Crippen molar-refractivity contribution in [3.05, 3.63) is 230 Å². The fourth-order valence-corrected chi connectivity index (χ4v) is 28.2. The topological polar surface area (TPSA) is 139 Å². The predicted molar refractivity (Wildman–Crippen MR) is 282 cm³/mol. The van der Waals surface area contributed by atoms with Crippen LogP contribution in [0.15, 0.2) is 228 Å². The third-order valence-corrected chi connectivity index (χ3v) is 29.3. The first-order chi connectivity index (χ1) is 33.5. The molecule has 0 aliphatic carbocycles. The molecular weight excluding hydrogens is 959 g/mol. The second-order valence-corrected chi connectivity index (χ2v) is 29.9. The second-order valence-electron chi connectivity index (χ2n) is 17.1. The van der Waals surface area contributed by atoms with Crippen molar-refractivity contribution in [3.8, 4) is 11.5 Å². The zero-order valence-corrected chi connectivity index (χ0v) is 42.4. The van der Waals surface area contributed by atoms with E-state index in [-0.39, 0.29) is 33.6 Å². The molecule has 10 nitrogen and oxygen atoms in total. The molecule has 0 atom stereocenters. The number of rotatable bonds is 17. The molecule has 0 spiro atoms. The maximum absolute atomic E-state index is 15.7. The molecule has 0 unspecified atom stereocenters. The van der Waals surface area contributed by atoms with Gasteiger partial charge in [0.05, 0.1) is 0 Å². The molecule has 14 heteroatoms. The van der Waals surface area contributed by atoms with E-state index in [4.69, 9.17) is 17.4 Å². The van der Waals surface area contributed by atoms with E-state index in [0.717, 1.165) is 11.1 Å². The zero-order valence-electron chi connectivity index (χ0n) is 39.0. The Balaban J connectivity index is 1.58. The number of hydrogen-bond acceptors (Lipinski definition) is 10. The number of hydrogen-bond donors (Lipinski definition) is 0. The van der Waals surface area contributed by atoms with Gasteiger partial charge in [-0.25, -0.2) is 0 Å². The summed E-state index contributed by atoms with van der Waals surface area (Å²) in [6, 6.07) is 62.7. The van der Waals surface area contributed by atoms with Gasteiger partial charge < -0.3 is 0 Å². The SMILES string of the molecule is CC(=O)Oc1ccc(P(CCP(OS(=O)(=O)c2ccc(C)cc2)(c2ccccc2)(c2ccccc2)c2ccc(OC(C)=O)cc2)(OS(=O)(=O)c2ccc(C)cc2)(c2ccccc2)c2ccccc2)cc1. The molecule has 0 aromatic heterocycles. The van der Waals surface area contributed by atoms with Crippen LogP contribution in [0.2, 0.25) is 0 Å². The fraction of sp³-hybridized carbons (Fsp3) is 0.107. The van der Waals surface area contributed by atoms with Crippen LogP contribution < -0.4 is 41.3 Å². The van der Waals surface area contributed by atoms with Gasteiger partial charge in [0.15, 0.2) is 0 Å². The molecule has 8 aromatic rings. The van der Waals surface area contributed by atoms with Crippen LogP contribution in [0.3, 0.4) is 0 Å². The number of esters is 2. The van der Waals surface area contributed by atoms with Gasteiger partial charge in [-0.05, 0) is 0 Å². The first-order valence-corrected chi connectivity index (χ1v) is 29.9. The number of aryl methyl sites for hydroxylation is 2. The molecule has 8 rings (SSSR count). The number of ether oxygens (including phenoxy) is 2. The molecule has 8 aromatic carbocycles. The van der Waals surface area contributed by atoms with Gasteiger partial charge >= 0.3 is 412 Å². The molecule has 0 fully saturated rings. The summed E-state index contributed by atoms with van der Waals surface area (Å²) < 4.78 is 88.6. The number of benzene rings is 8. The van der Waals surface area contributed by atoms with Crippen LogP contribution in [-0.2, 0) is 37.8 Å². The third-order valence-electron chi connectivity index (χ3n) is 12.6. The summed E-state index contributed by atoms with van der Waals surface area (Å²) in [6.07, 6.45) is -0.400. The summed E-state index contributed by atoms with van der Waals surface area (Å²) in [5.41, 5.74) is 1.66. The van der Waals surface area contributed by atoms with Crippen LogP contribution in [0.1, 0.15) is 25.0 Å². The molecule has 0 saturated heterocycles. The van der Waals surface area contributed by atoms with Crippen LogP contribution in [0, 0.1) is 13.8 Å². The molecule has 0 heterocycles. The van der Waals surface area contributed by atoms with E-state index in [0.29, 0.717) is 31.8 Å². The van der Waals surface area contributed by atoms with Gasteiger partial charge in [-0.1, -0.05) is 0 Å². The van der Waals surface area contributed by atoms with Gasteiger partial charge in [0.1, 0.15) is 0 Å². The van der Waals surface area contributed by atoms with Gasteiger partial charge in [0.2, 0.25) is 0 Å². The molecule has 358 valence electrons. The first-order valence-electron chi connectivity index (χ1n) is 22.4. The van der Waals surface area contributed by atoms with Crippen molar-refractivity contribution in [1.29, 1.82) is 0 Å². The monoisotopic (exact) mass is 1010 g/mol. The first kappa shape index (κ1) is 49.8. The fourth-order valence-electron chi connectivity index (χ4n) is 9.28. The van der Waals surface area contributed by atoms with Crippen molar-refractivity contribution < 1.29 is 43.8 Å². The van der Waals surface area contributed by atoms with Gasteiger partial charge in [-0.2, -0.15) is 0 Å². The van der Waals surface area contributed by atoms with E-state index < -0.39 is 45.8 Å². The third kappa shape index (κ3) is 9.15. The van der Waals surface area contributed by atoms with E-state index in [9.17, 15) is 9.59 Å². The normalized spacial score (nSPS) is 13.2. The summed E-state index contributed by atoms with van der Waals surface area (Å²) in [6.45, 7) is -4.15. The van der Waals surface area contributed by atoms with Gasteiger partial charge in [0, 0.05) is 0 Å². The molecular formula is C56H52O10P2S2. The minimum atomic E-state index is -5.22. The summed E-state index contributed by atoms with van der Waals surface area (Å²) >= 11 is 0. The van der Waals surface area contributed by atoms with Crippen molar-refractivity contribution in [3.63, 3.8) is 0 Å². The molecule has 0 bridgehead atoms. The van der Waals surface area contributed by atoms with Gasteiger partial charge in [0.25, 0.3) is 0 Å². The van der Waals surface area contributed by atoms with Crippen molar-refractivity contribution in [2.24, 2.45) is 0 Å². The Hall–Kier alpha value is -6.62. The molecule has 70 heavy (non-hydrogen) atoms. The van der Waals surface area contributed by atoms with Crippen molar-refractivity contribution in [2.45, 2.75) is 37.5 Å². The quantitative estimate of drug-likeness (QED) is 0.0493. The summed E-state index contributed by atoms with van der Waals surface area (Å²) in [5, 5.41) is 2.86. The minimum absolute atomic E-state index is 0.0987. The molecule has 0 radical (unpaired) electrons. The van der Waals surface area contributed by atoms with E-state index in [1.807, 2.05) is 135 Å². The molecule has 0 amide bonds. The van der Waals surface area contributed by atoms with Crippen molar-refractivity contribution >= 4 is 77.7 Å². The zero-order chi connectivity index (χ0) is 49.7. The standard InChI is InChI=1S/C56H52O10P2S2/c1-43-25-37-55(38-26-43)69(59,60)65-67(49-17-9-5-10-18-49,50-19-11-6-12-20-50,53-33-29-47(30-34-53)63-45(3)57)41-42-68(51-21-13-7-14-22-51,52-23-15-8-16-24-52,54-35-31-48(32-36-54)64-46(4)58)66-70(61,62)56-39-27-44(2)28-40-56/h5-40H,41-42H2,1-4H3. The van der Waals surface area contributed by atoms with Crippen LogP contribution >= 0.6 is 13.7 Å². The summed E-state index contributed by atoms with van der Waals surface area (Å²) in [5.74, 6) is -0.679. The number of carbonyl (C=O) groups excluding carboxylic acids is 2. The van der Waals surface area contributed by atoms with Crippen LogP contribution in [0.4, 0.5) is 0 Å². The Kier molecular flexibility index (Phi) is 14.0. The van der Waals surface area contributed by atoms with Gasteiger partial charge in [-0.3, -0.25) is 0 Å². The van der Waals surface area contributed by atoms with E-state index in [2.05, 4.69) is 0 Å². The molecule has 0 N–H and O–H groups in total. The van der Waals surface area contributed by atoms with E-state index in [1.165, 1.54) is 38.1 Å². The average molecular weight is 1010 g/mol. The number of carbonyl (C=O) groups is 2.